The van der Waals surface area contributed by atoms with Crippen LogP contribution in [-0.2, 0) is 4.74 Å². The molecule has 20 heavy (non-hydrogen) atoms. The Kier molecular flexibility index (Phi) is 5.14. The maximum absolute atomic E-state index is 13.2. The summed E-state index contributed by atoms with van der Waals surface area (Å²) in [7, 11) is 0. The third-order valence-corrected chi connectivity index (χ3v) is 3.36. The third kappa shape index (κ3) is 4.31. The van der Waals surface area contributed by atoms with Crippen molar-refractivity contribution < 1.29 is 14.1 Å². The van der Waals surface area contributed by atoms with E-state index in [2.05, 4.69) is 5.32 Å². The molecule has 1 fully saturated rings. The Bertz CT molecular complexity index is 495. The van der Waals surface area contributed by atoms with Crippen LogP contribution in [0, 0.1) is 21.8 Å². The van der Waals surface area contributed by atoms with Gasteiger partial charge in [0, 0.05) is 19.8 Å². The van der Waals surface area contributed by atoms with E-state index in [1.807, 2.05) is 0 Å². The van der Waals surface area contributed by atoms with Crippen molar-refractivity contribution in [3.63, 3.8) is 0 Å². The zero-order valence-electron chi connectivity index (χ0n) is 10.9. The summed E-state index contributed by atoms with van der Waals surface area (Å²) in [6.45, 7) is 1.90. The zero-order valence-corrected chi connectivity index (χ0v) is 11.7. The average Bonchev–Trinajstić information content (AvgIpc) is 3.21. The van der Waals surface area contributed by atoms with Crippen LogP contribution in [0.4, 0.5) is 15.8 Å². The van der Waals surface area contributed by atoms with Crippen molar-refractivity contribution >= 4 is 23.0 Å². The number of nitrogens with one attached hydrogen (secondary N) is 1. The minimum absolute atomic E-state index is 0.136. The van der Waals surface area contributed by atoms with Crippen molar-refractivity contribution in [1.29, 1.82) is 0 Å². The van der Waals surface area contributed by atoms with E-state index in [1.54, 1.807) is 0 Å². The summed E-state index contributed by atoms with van der Waals surface area (Å²) < 4.78 is 18.7. The number of hydrogen-bond donors (Lipinski definition) is 1. The highest BCUT2D eigenvalue weighted by molar-refractivity contribution is 6.31. The van der Waals surface area contributed by atoms with E-state index in [-0.39, 0.29) is 16.4 Å². The molecule has 0 spiro atoms. The molecule has 1 aromatic carbocycles. The van der Waals surface area contributed by atoms with Crippen molar-refractivity contribution in [3.8, 4) is 0 Å². The predicted molar refractivity (Wildman–Crippen MR) is 74.7 cm³/mol. The van der Waals surface area contributed by atoms with Crippen LogP contribution in [0.5, 0.6) is 0 Å². The summed E-state index contributed by atoms with van der Waals surface area (Å²) in [5.74, 6) is -0.0726. The second kappa shape index (κ2) is 6.85. The fraction of sp³-hybridized carbons (Fsp3) is 0.538. The molecule has 0 aliphatic heterocycles. The quantitative estimate of drug-likeness (QED) is 0.452. The molecule has 1 aromatic rings. The number of ether oxygens (including phenoxy) is 1. The molecule has 2 rings (SSSR count). The number of benzene rings is 1. The van der Waals surface area contributed by atoms with Crippen LogP contribution in [0.15, 0.2) is 12.1 Å². The lowest BCUT2D eigenvalue weighted by Crippen LogP contribution is -2.08. The van der Waals surface area contributed by atoms with Crippen LogP contribution >= 0.6 is 11.6 Å². The molecule has 1 saturated carbocycles. The lowest BCUT2D eigenvalue weighted by atomic mass is 10.2. The lowest BCUT2D eigenvalue weighted by Gasteiger charge is -2.08. The van der Waals surface area contributed by atoms with Crippen LogP contribution in [-0.4, -0.2) is 24.7 Å². The van der Waals surface area contributed by atoms with Gasteiger partial charge in [-0.25, -0.2) is 4.39 Å². The van der Waals surface area contributed by atoms with Gasteiger partial charge in [0.1, 0.15) is 11.5 Å². The van der Waals surface area contributed by atoms with Gasteiger partial charge in [0.15, 0.2) is 0 Å². The van der Waals surface area contributed by atoms with Gasteiger partial charge in [-0.1, -0.05) is 11.6 Å². The van der Waals surface area contributed by atoms with Crippen LogP contribution < -0.4 is 5.32 Å². The average molecular weight is 303 g/mol. The van der Waals surface area contributed by atoms with Crippen molar-refractivity contribution in [2.24, 2.45) is 5.92 Å². The van der Waals surface area contributed by atoms with Gasteiger partial charge in [0.2, 0.25) is 0 Å². The Morgan fingerprint density at radius 3 is 2.90 bits per heavy atom. The number of hydrogen-bond acceptors (Lipinski definition) is 4. The number of rotatable bonds is 8. The largest absolute Gasteiger partial charge is 0.381 e. The Balaban J connectivity index is 1.81. The number of nitrogens with zero attached hydrogens (tertiary/aromatic N) is 1. The minimum Gasteiger partial charge on any atom is -0.381 e. The van der Waals surface area contributed by atoms with Crippen LogP contribution in [0.3, 0.4) is 0 Å². The summed E-state index contributed by atoms with van der Waals surface area (Å²) in [5, 5.41) is 13.6. The van der Waals surface area contributed by atoms with Gasteiger partial charge in [0.25, 0.3) is 5.69 Å². The molecule has 0 bridgehead atoms. The Morgan fingerprint density at radius 1 is 1.50 bits per heavy atom. The summed E-state index contributed by atoms with van der Waals surface area (Å²) in [5.41, 5.74) is -0.0885. The molecule has 0 radical (unpaired) electrons. The maximum atomic E-state index is 13.2. The van der Waals surface area contributed by atoms with Gasteiger partial charge in [0.05, 0.1) is 16.0 Å². The lowest BCUT2D eigenvalue weighted by molar-refractivity contribution is -0.384. The molecular formula is C13H16ClFN2O3. The van der Waals surface area contributed by atoms with Gasteiger partial charge >= 0.3 is 0 Å². The van der Waals surface area contributed by atoms with E-state index in [9.17, 15) is 14.5 Å². The van der Waals surface area contributed by atoms with Gasteiger partial charge in [-0.2, -0.15) is 0 Å². The van der Waals surface area contributed by atoms with Crippen LogP contribution in [0.1, 0.15) is 19.3 Å². The first kappa shape index (κ1) is 15.0. The van der Waals surface area contributed by atoms with Gasteiger partial charge in [-0.15, -0.1) is 0 Å². The molecule has 0 heterocycles. The molecule has 7 heteroatoms. The zero-order chi connectivity index (χ0) is 14.5. The Morgan fingerprint density at radius 2 is 2.25 bits per heavy atom. The standard InChI is InChI=1S/C13H16ClFN2O3/c14-10-6-12(13(17(18)19)7-11(10)15)16-4-1-5-20-8-9-2-3-9/h6-7,9,16H,1-5,8H2. The second-order valence-electron chi connectivity index (χ2n) is 4.84. The number of nitro groups is 1. The van der Waals surface area contributed by atoms with Gasteiger partial charge in [-0.3, -0.25) is 10.1 Å². The SMILES string of the molecule is O=[N+]([O-])c1cc(F)c(Cl)cc1NCCCOCC1CC1. The molecular weight excluding hydrogens is 287 g/mol. The van der Waals surface area contributed by atoms with Crippen molar-refractivity contribution in [2.75, 3.05) is 25.1 Å². The molecule has 0 saturated heterocycles. The first-order valence-electron chi connectivity index (χ1n) is 6.53. The molecule has 0 atom stereocenters. The van der Waals surface area contributed by atoms with Gasteiger partial charge in [-0.05, 0) is 31.2 Å². The third-order valence-electron chi connectivity index (χ3n) is 3.07. The molecule has 110 valence electrons. The van der Waals surface area contributed by atoms with E-state index >= 15 is 0 Å². The predicted octanol–water partition coefficient (Wildman–Crippen LogP) is 3.62. The van der Waals surface area contributed by atoms with Gasteiger partial charge < -0.3 is 10.1 Å². The maximum Gasteiger partial charge on any atom is 0.295 e. The molecule has 0 aromatic heterocycles. The first-order chi connectivity index (χ1) is 9.58. The van der Waals surface area contributed by atoms with Crippen molar-refractivity contribution in [3.05, 3.63) is 33.1 Å². The Labute approximate surface area is 121 Å². The molecule has 0 unspecified atom stereocenters. The number of nitro benzene ring substituents is 1. The second-order valence-corrected chi connectivity index (χ2v) is 5.25. The van der Waals surface area contributed by atoms with E-state index in [4.69, 9.17) is 16.3 Å². The normalized spacial score (nSPS) is 14.3. The van der Waals surface area contributed by atoms with E-state index in [1.165, 1.54) is 18.9 Å². The highest BCUT2D eigenvalue weighted by Gasteiger charge is 2.21. The van der Waals surface area contributed by atoms with Crippen LogP contribution in [0.2, 0.25) is 5.02 Å². The summed E-state index contributed by atoms with van der Waals surface area (Å²) in [6, 6.07) is 2.06. The monoisotopic (exact) mass is 302 g/mol. The van der Waals surface area contributed by atoms with Crippen LogP contribution in [0.25, 0.3) is 0 Å². The fourth-order valence-electron chi connectivity index (χ4n) is 1.76. The minimum atomic E-state index is -0.795. The van der Waals surface area contributed by atoms with Crippen molar-refractivity contribution in [2.45, 2.75) is 19.3 Å². The Hall–Kier alpha value is -1.40. The summed E-state index contributed by atoms with van der Waals surface area (Å²) >= 11 is 5.63. The highest BCUT2D eigenvalue weighted by Crippen LogP contribution is 2.30. The smallest absolute Gasteiger partial charge is 0.295 e. The highest BCUT2D eigenvalue weighted by atomic mass is 35.5. The number of halogens is 2. The van der Waals surface area contributed by atoms with E-state index < -0.39 is 10.7 Å². The molecule has 1 aliphatic rings. The molecule has 5 nitrogen and oxygen atoms in total. The topological polar surface area (TPSA) is 64.4 Å². The first-order valence-corrected chi connectivity index (χ1v) is 6.91. The van der Waals surface area contributed by atoms with Crippen molar-refractivity contribution in [1.82, 2.24) is 0 Å². The number of anilines is 1. The molecule has 1 N–H and O–H groups in total. The van der Waals surface area contributed by atoms with E-state index in [0.717, 1.165) is 25.0 Å². The molecule has 0 amide bonds. The summed E-state index contributed by atoms with van der Waals surface area (Å²) in [4.78, 5) is 10.2. The van der Waals surface area contributed by atoms with E-state index in [0.29, 0.717) is 13.2 Å². The fourth-order valence-corrected chi connectivity index (χ4v) is 1.92. The molecule has 1 aliphatic carbocycles. The summed E-state index contributed by atoms with van der Waals surface area (Å²) in [6.07, 6.45) is 3.22.